The van der Waals surface area contributed by atoms with Crippen LogP contribution < -0.4 is 15.2 Å². The number of benzene rings is 2. The molecule has 0 heterocycles. The van der Waals surface area contributed by atoms with E-state index in [0.29, 0.717) is 13.2 Å². The van der Waals surface area contributed by atoms with Gasteiger partial charge in [-0.2, -0.15) is 0 Å². The molecule has 0 aliphatic heterocycles. The van der Waals surface area contributed by atoms with Gasteiger partial charge in [0.15, 0.2) is 0 Å². The first-order chi connectivity index (χ1) is 9.33. The number of methoxy groups -OCH3 is 1. The Morgan fingerprint density at radius 3 is 2.53 bits per heavy atom. The van der Waals surface area contributed by atoms with Crippen molar-refractivity contribution in [2.45, 2.75) is 13.0 Å². The average Bonchev–Trinajstić information content (AvgIpc) is 2.47. The lowest BCUT2D eigenvalue weighted by Gasteiger charge is -2.12. The Balaban J connectivity index is 2.11. The predicted molar refractivity (Wildman–Crippen MR) is 76.5 cm³/mol. The van der Waals surface area contributed by atoms with E-state index in [4.69, 9.17) is 15.2 Å². The highest BCUT2D eigenvalue weighted by Crippen LogP contribution is 2.22. The van der Waals surface area contributed by atoms with Gasteiger partial charge < -0.3 is 15.2 Å². The van der Waals surface area contributed by atoms with Gasteiger partial charge in [0.25, 0.3) is 0 Å². The van der Waals surface area contributed by atoms with Crippen LogP contribution in [0.2, 0.25) is 0 Å². The van der Waals surface area contributed by atoms with Crippen molar-refractivity contribution in [3.63, 3.8) is 0 Å². The van der Waals surface area contributed by atoms with Crippen LogP contribution in [-0.4, -0.2) is 13.7 Å². The molecule has 0 saturated carbocycles. The molecule has 0 amide bonds. The quantitative estimate of drug-likeness (QED) is 0.865. The van der Waals surface area contributed by atoms with Crippen LogP contribution in [0.4, 0.5) is 0 Å². The van der Waals surface area contributed by atoms with Crippen LogP contribution in [0.3, 0.4) is 0 Å². The lowest BCUT2D eigenvalue weighted by atomic mass is 10.1. The minimum Gasteiger partial charge on any atom is -0.496 e. The molecule has 2 rings (SSSR count). The minimum absolute atomic E-state index is 0.492. The Hall–Kier alpha value is -2.00. The highest BCUT2D eigenvalue weighted by atomic mass is 16.5. The van der Waals surface area contributed by atoms with Crippen LogP contribution in [0, 0.1) is 0 Å². The standard InChI is InChI=1S/C16H19NO2/c1-18-16-8-7-13(9-10-17)11-14(16)12-19-15-5-3-2-4-6-15/h2-8,11H,9-10,12,17H2,1H3. The molecular weight excluding hydrogens is 238 g/mol. The van der Waals surface area contributed by atoms with Gasteiger partial charge in [-0.05, 0) is 42.8 Å². The van der Waals surface area contributed by atoms with E-state index < -0.39 is 0 Å². The van der Waals surface area contributed by atoms with Gasteiger partial charge in [-0.3, -0.25) is 0 Å². The van der Waals surface area contributed by atoms with E-state index in [0.717, 1.165) is 23.5 Å². The van der Waals surface area contributed by atoms with Crippen LogP contribution in [0.25, 0.3) is 0 Å². The summed E-state index contributed by atoms with van der Waals surface area (Å²) in [5.74, 6) is 1.70. The first kappa shape index (κ1) is 13.4. The smallest absolute Gasteiger partial charge is 0.125 e. The Morgan fingerprint density at radius 1 is 1.05 bits per heavy atom. The molecular formula is C16H19NO2. The first-order valence-corrected chi connectivity index (χ1v) is 6.37. The molecule has 0 fully saturated rings. The fourth-order valence-corrected chi connectivity index (χ4v) is 1.94. The third-order valence-corrected chi connectivity index (χ3v) is 2.92. The molecule has 0 aromatic heterocycles. The van der Waals surface area contributed by atoms with E-state index in [1.807, 2.05) is 42.5 Å². The minimum atomic E-state index is 0.492. The zero-order valence-corrected chi connectivity index (χ0v) is 11.1. The summed E-state index contributed by atoms with van der Waals surface area (Å²) in [7, 11) is 1.67. The molecule has 2 N–H and O–H groups in total. The van der Waals surface area contributed by atoms with Gasteiger partial charge >= 0.3 is 0 Å². The van der Waals surface area contributed by atoms with E-state index in [9.17, 15) is 0 Å². The summed E-state index contributed by atoms with van der Waals surface area (Å²) in [6, 6.07) is 15.9. The summed E-state index contributed by atoms with van der Waals surface area (Å²) in [6.07, 6.45) is 0.863. The number of hydrogen-bond acceptors (Lipinski definition) is 3. The van der Waals surface area contributed by atoms with Crippen molar-refractivity contribution in [1.29, 1.82) is 0 Å². The monoisotopic (exact) mass is 257 g/mol. The molecule has 2 aromatic rings. The Morgan fingerprint density at radius 2 is 1.84 bits per heavy atom. The number of hydrogen-bond donors (Lipinski definition) is 1. The molecule has 19 heavy (non-hydrogen) atoms. The second-order valence-electron chi connectivity index (χ2n) is 4.29. The van der Waals surface area contributed by atoms with Gasteiger partial charge in [-0.25, -0.2) is 0 Å². The zero-order valence-electron chi connectivity index (χ0n) is 11.1. The molecule has 0 aliphatic carbocycles. The molecule has 0 saturated heterocycles. The number of rotatable bonds is 6. The topological polar surface area (TPSA) is 44.5 Å². The van der Waals surface area contributed by atoms with Crippen LogP contribution in [0.15, 0.2) is 48.5 Å². The fraction of sp³-hybridized carbons (Fsp3) is 0.250. The first-order valence-electron chi connectivity index (χ1n) is 6.37. The summed E-state index contributed by atoms with van der Waals surface area (Å²) in [4.78, 5) is 0. The van der Waals surface area contributed by atoms with Gasteiger partial charge in [-0.1, -0.05) is 24.3 Å². The Kier molecular flexibility index (Phi) is 4.81. The van der Waals surface area contributed by atoms with Crippen molar-refractivity contribution in [1.82, 2.24) is 0 Å². The van der Waals surface area contributed by atoms with Crippen LogP contribution in [-0.2, 0) is 13.0 Å². The van der Waals surface area contributed by atoms with Crippen LogP contribution in [0.1, 0.15) is 11.1 Å². The van der Waals surface area contributed by atoms with Gasteiger partial charge in [0.1, 0.15) is 18.1 Å². The zero-order chi connectivity index (χ0) is 13.5. The third-order valence-electron chi connectivity index (χ3n) is 2.92. The largest absolute Gasteiger partial charge is 0.496 e. The highest BCUT2D eigenvalue weighted by molar-refractivity contribution is 5.37. The fourth-order valence-electron chi connectivity index (χ4n) is 1.94. The molecule has 0 bridgehead atoms. The van der Waals surface area contributed by atoms with Crippen molar-refractivity contribution in [2.75, 3.05) is 13.7 Å². The van der Waals surface area contributed by atoms with Crippen molar-refractivity contribution in [3.05, 3.63) is 59.7 Å². The van der Waals surface area contributed by atoms with Gasteiger partial charge in [0, 0.05) is 5.56 Å². The lowest BCUT2D eigenvalue weighted by molar-refractivity contribution is 0.296. The maximum atomic E-state index is 5.76. The van der Waals surface area contributed by atoms with E-state index in [-0.39, 0.29) is 0 Å². The second-order valence-corrected chi connectivity index (χ2v) is 4.29. The van der Waals surface area contributed by atoms with E-state index in [1.54, 1.807) is 7.11 Å². The van der Waals surface area contributed by atoms with E-state index in [2.05, 4.69) is 6.07 Å². The van der Waals surface area contributed by atoms with Crippen molar-refractivity contribution in [2.24, 2.45) is 5.73 Å². The average molecular weight is 257 g/mol. The number of para-hydroxylation sites is 1. The molecule has 0 spiro atoms. The Labute approximate surface area is 114 Å². The highest BCUT2D eigenvalue weighted by Gasteiger charge is 2.05. The molecule has 100 valence electrons. The number of nitrogens with two attached hydrogens (primary N) is 1. The summed E-state index contributed by atoms with van der Waals surface area (Å²) >= 11 is 0. The molecule has 0 radical (unpaired) electrons. The van der Waals surface area contributed by atoms with Crippen molar-refractivity contribution < 1.29 is 9.47 Å². The maximum absolute atomic E-state index is 5.76. The van der Waals surface area contributed by atoms with Crippen LogP contribution >= 0.6 is 0 Å². The van der Waals surface area contributed by atoms with Crippen molar-refractivity contribution in [3.8, 4) is 11.5 Å². The van der Waals surface area contributed by atoms with E-state index in [1.165, 1.54) is 5.56 Å². The predicted octanol–water partition coefficient (Wildman–Crippen LogP) is 2.78. The summed E-state index contributed by atoms with van der Waals surface area (Å²) in [6.45, 7) is 1.14. The molecule has 0 aliphatic rings. The number of ether oxygens (including phenoxy) is 2. The van der Waals surface area contributed by atoms with Crippen molar-refractivity contribution >= 4 is 0 Å². The van der Waals surface area contributed by atoms with E-state index >= 15 is 0 Å². The maximum Gasteiger partial charge on any atom is 0.125 e. The van der Waals surface area contributed by atoms with Gasteiger partial charge in [0.2, 0.25) is 0 Å². The lowest BCUT2D eigenvalue weighted by Crippen LogP contribution is -2.05. The molecule has 0 atom stereocenters. The molecule has 2 aromatic carbocycles. The molecule has 3 heteroatoms. The van der Waals surface area contributed by atoms with Crippen LogP contribution in [0.5, 0.6) is 11.5 Å². The summed E-state index contributed by atoms with van der Waals surface area (Å²) < 4.78 is 11.1. The SMILES string of the molecule is COc1ccc(CCN)cc1COc1ccccc1. The van der Waals surface area contributed by atoms with Gasteiger partial charge in [-0.15, -0.1) is 0 Å². The third kappa shape index (κ3) is 3.73. The van der Waals surface area contributed by atoms with Gasteiger partial charge in [0.05, 0.1) is 7.11 Å². The summed E-state index contributed by atoms with van der Waals surface area (Å²) in [5.41, 5.74) is 7.83. The second kappa shape index (κ2) is 6.81. The Bertz CT molecular complexity index is 511. The molecule has 0 unspecified atom stereocenters. The summed E-state index contributed by atoms with van der Waals surface area (Å²) in [5, 5.41) is 0. The molecule has 3 nitrogen and oxygen atoms in total. The normalized spacial score (nSPS) is 10.2.